The van der Waals surface area contributed by atoms with E-state index in [4.69, 9.17) is 10.5 Å². The first-order chi connectivity index (χ1) is 9.41. The van der Waals surface area contributed by atoms with Gasteiger partial charge in [0.2, 0.25) is 10.0 Å². The van der Waals surface area contributed by atoms with Crippen molar-refractivity contribution in [2.45, 2.75) is 17.7 Å². The summed E-state index contributed by atoms with van der Waals surface area (Å²) in [4.78, 5) is 0.251. The molecule has 0 aliphatic carbocycles. The van der Waals surface area contributed by atoms with E-state index in [1.54, 1.807) is 19.2 Å². The lowest BCUT2D eigenvalue weighted by atomic mass is 10.0. The number of rotatable bonds is 4. The largest absolute Gasteiger partial charge is 0.399 e. The number of halogens is 1. The molecule has 7 heteroatoms. The van der Waals surface area contributed by atoms with Crippen molar-refractivity contribution in [3.63, 3.8) is 0 Å². The van der Waals surface area contributed by atoms with Crippen LogP contribution in [-0.4, -0.2) is 39.5 Å². The van der Waals surface area contributed by atoms with Gasteiger partial charge in [-0.1, -0.05) is 0 Å². The molecule has 0 saturated carbocycles. The maximum atomic E-state index is 12.6. The maximum absolute atomic E-state index is 12.6. The van der Waals surface area contributed by atoms with Crippen LogP contribution in [0.3, 0.4) is 0 Å². The summed E-state index contributed by atoms with van der Waals surface area (Å²) in [6.07, 6.45) is 1.81. The van der Waals surface area contributed by atoms with Crippen LogP contribution in [0.15, 0.2) is 27.6 Å². The van der Waals surface area contributed by atoms with Gasteiger partial charge in [0.1, 0.15) is 0 Å². The number of anilines is 1. The Bertz CT molecular complexity index is 571. The van der Waals surface area contributed by atoms with E-state index in [-0.39, 0.29) is 4.90 Å². The molecule has 1 aromatic carbocycles. The number of hydrogen-bond donors (Lipinski definition) is 1. The molecular weight excluding hydrogens is 344 g/mol. The second-order valence-electron chi connectivity index (χ2n) is 5.03. The first kappa shape index (κ1) is 15.8. The third-order valence-electron chi connectivity index (χ3n) is 3.50. The van der Waals surface area contributed by atoms with Crippen LogP contribution in [0.25, 0.3) is 0 Å². The lowest BCUT2D eigenvalue weighted by molar-refractivity contribution is 0.0620. The van der Waals surface area contributed by atoms with Crippen molar-refractivity contribution >= 4 is 31.6 Å². The van der Waals surface area contributed by atoms with Gasteiger partial charge in [-0.2, -0.15) is 0 Å². The average Bonchev–Trinajstić information content (AvgIpc) is 2.39. The van der Waals surface area contributed by atoms with Gasteiger partial charge in [0, 0.05) is 37.0 Å². The second kappa shape index (κ2) is 6.43. The lowest BCUT2D eigenvalue weighted by Crippen LogP contribution is -2.34. The first-order valence-corrected chi connectivity index (χ1v) is 8.73. The lowest BCUT2D eigenvalue weighted by Gasteiger charge is -2.27. The van der Waals surface area contributed by atoms with Crippen LogP contribution >= 0.6 is 15.9 Å². The minimum atomic E-state index is -3.50. The van der Waals surface area contributed by atoms with Crippen LogP contribution in [0, 0.1) is 5.92 Å². The molecule has 0 radical (unpaired) electrons. The third-order valence-corrected chi connectivity index (χ3v) is 6.30. The van der Waals surface area contributed by atoms with E-state index in [0.29, 0.717) is 35.8 Å². The zero-order valence-corrected chi connectivity index (χ0v) is 13.8. The highest BCUT2D eigenvalue weighted by Crippen LogP contribution is 2.27. The van der Waals surface area contributed by atoms with E-state index in [1.807, 2.05) is 0 Å². The van der Waals surface area contributed by atoms with Gasteiger partial charge in [0.25, 0.3) is 0 Å². The first-order valence-electron chi connectivity index (χ1n) is 6.50. The third kappa shape index (κ3) is 3.52. The van der Waals surface area contributed by atoms with Crippen molar-refractivity contribution in [3.05, 3.63) is 22.7 Å². The normalized spacial score (nSPS) is 17.6. The van der Waals surface area contributed by atoms with Crippen molar-refractivity contribution in [1.29, 1.82) is 0 Å². The molecule has 0 unspecified atom stereocenters. The molecule has 0 aromatic heterocycles. The summed E-state index contributed by atoms with van der Waals surface area (Å²) in [5, 5.41) is 0. The van der Waals surface area contributed by atoms with E-state index >= 15 is 0 Å². The molecule has 0 bridgehead atoms. The fraction of sp³-hybridized carbons (Fsp3) is 0.538. The Morgan fingerprint density at radius 1 is 1.40 bits per heavy atom. The van der Waals surface area contributed by atoms with Gasteiger partial charge in [-0.3, -0.25) is 0 Å². The molecule has 112 valence electrons. The highest BCUT2D eigenvalue weighted by Gasteiger charge is 2.26. The minimum absolute atomic E-state index is 0.251. The van der Waals surface area contributed by atoms with E-state index in [0.717, 1.165) is 12.8 Å². The Labute approximate surface area is 128 Å². The topological polar surface area (TPSA) is 72.6 Å². The fourth-order valence-corrected chi connectivity index (χ4v) is 4.58. The minimum Gasteiger partial charge on any atom is -0.399 e. The Kier molecular flexibility index (Phi) is 5.06. The monoisotopic (exact) mass is 362 g/mol. The fourth-order valence-electron chi connectivity index (χ4n) is 2.28. The van der Waals surface area contributed by atoms with Crippen LogP contribution in [0.5, 0.6) is 0 Å². The Hall–Kier alpha value is -0.630. The zero-order chi connectivity index (χ0) is 14.8. The van der Waals surface area contributed by atoms with Crippen LogP contribution in [0.4, 0.5) is 5.69 Å². The van der Waals surface area contributed by atoms with Gasteiger partial charge >= 0.3 is 0 Å². The molecule has 1 aliphatic rings. The predicted octanol–water partition coefficient (Wildman–Crippen LogP) is 2.08. The zero-order valence-electron chi connectivity index (χ0n) is 11.4. The smallest absolute Gasteiger partial charge is 0.243 e. The molecule has 2 N–H and O–H groups in total. The quantitative estimate of drug-likeness (QED) is 0.832. The molecule has 1 aliphatic heterocycles. The van der Waals surface area contributed by atoms with Crippen LogP contribution in [-0.2, 0) is 14.8 Å². The van der Waals surface area contributed by atoms with E-state index in [2.05, 4.69) is 15.9 Å². The number of nitrogens with zero attached hydrogens (tertiary/aromatic N) is 1. The Balaban J connectivity index is 2.16. The molecule has 0 amide bonds. The predicted molar refractivity (Wildman–Crippen MR) is 81.9 cm³/mol. The highest BCUT2D eigenvalue weighted by atomic mass is 79.9. The Morgan fingerprint density at radius 2 is 2.05 bits per heavy atom. The molecule has 1 heterocycles. The average molecular weight is 363 g/mol. The van der Waals surface area contributed by atoms with Gasteiger partial charge in [-0.25, -0.2) is 12.7 Å². The van der Waals surface area contributed by atoms with Gasteiger partial charge in [0.05, 0.1) is 4.90 Å². The highest BCUT2D eigenvalue weighted by molar-refractivity contribution is 9.10. The number of benzene rings is 1. The van der Waals surface area contributed by atoms with E-state index in [9.17, 15) is 8.42 Å². The van der Waals surface area contributed by atoms with Crippen molar-refractivity contribution < 1.29 is 13.2 Å². The molecule has 20 heavy (non-hydrogen) atoms. The number of hydrogen-bond acceptors (Lipinski definition) is 4. The molecule has 5 nitrogen and oxygen atoms in total. The van der Waals surface area contributed by atoms with Gasteiger partial charge < -0.3 is 10.5 Å². The summed E-state index contributed by atoms with van der Waals surface area (Å²) in [6, 6.07) is 4.74. The van der Waals surface area contributed by atoms with Crippen LogP contribution < -0.4 is 5.73 Å². The van der Waals surface area contributed by atoms with Crippen molar-refractivity contribution in [3.8, 4) is 0 Å². The molecule has 0 spiro atoms. The second-order valence-corrected chi connectivity index (χ2v) is 7.90. The van der Waals surface area contributed by atoms with Gasteiger partial charge in [0.15, 0.2) is 0 Å². The molecule has 1 saturated heterocycles. The SMILES string of the molecule is CN(CC1CCOCC1)S(=O)(=O)c1ccc(N)cc1Br. The summed E-state index contributed by atoms with van der Waals surface area (Å²) in [6.45, 7) is 1.94. The molecule has 0 atom stereocenters. The number of ether oxygens (including phenoxy) is 1. The number of sulfonamides is 1. The van der Waals surface area contributed by atoms with E-state index in [1.165, 1.54) is 10.4 Å². The molecule has 2 rings (SSSR count). The summed E-state index contributed by atoms with van der Waals surface area (Å²) in [5.41, 5.74) is 6.17. The van der Waals surface area contributed by atoms with Gasteiger partial charge in [-0.05, 0) is 52.9 Å². The standard InChI is InChI=1S/C13H19BrN2O3S/c1-16(9-10-4-6-19-7-5-10)20(17,18)13-3-2-11(15)8-12(13)14/h2-3,8,10H,4-7,9,15H2,1H3. The molecule has 1 aromatic rings. The summed E-state index contributed by atoms with van der Waals surface area (Å²) < 4.78 is 32.3. The number of nitrogen functional groups attached to an aromatic ring is 1. The summed E-state index contributed by atoms with van der Waals surface area (Å²) >= 11 is 3.27. The van der Waals surface area contributed by atoms with Gasteiger partial charge in [-0.15, -0.1) is 0 Å². The molecular formula is C13H19BrN2O3S. The van der Waals surface area contributed by atoms with Crippen LogP contribution in [0.2, 0.25) is 0 Å². The Morgan fingerprint density at radius 3 is 2.65 bits per heavy atom. The molecule has 1 fully saturated rings. The van der Waals surface area contributed by atoms with E-state index < -0.39 is 10.0 Å². The van der Waals surface area contributed by atoms with Crippen molar-refractivity contribution in [1.82, 2.24) is 4.31 Å². The number of nitrogens with two attached hydrogens (primary N) is 1. The van der Waals surface area contributed by atoms with Crippen LogP contribution in [0.1, 0.15) is 12.8 Å². The summed E-state index contributed by atoms with van der Waals surface area (Å²) in [5.74, 6) is 0.357. The van der Waals surface area contributed by atoms with Crippen molar-refractivity contribution in [2.24, 2.45) is 5.92 Å². The summed E-state index contributed by atoms with van der Waals surface area (Å²) in [7, 11) is -1.88. The maximum Gasteiger partial charge on any atom is 0.243 e. The van der Waals surface area contributed by atoms with Crippen molar-refractivity contribution in [2.75, 3.05) is 32.5 Å².